The van der Waals surface area contributed by atoms with Crippen molar-refractivity contribution in [3.05, 3.63) is 65.7 Å². The van der Waals surface area contributed by atoms with Crippen molar-refractivity contribution in [2.75, 3.05) is 23.0 Å². The number of imidazole rings is 1. The standard InChI is InChI=1S/C21H19FN4O2S/c1-13(27)25-10-9-14-11-16(5-8-18(14)25)24-20(28)19-12-23-21(29-2)26(19)17-6-3-15(22)4-7-17/h3-8,11-12H,9-10H2,1-2H3,(H,24,28). The van der Waals surface area contributed by atoms with Gasteiger partial charge in [0, 0.05) is 30.5 Å². The second kappa shape index (κ2) is 7.71. The molecule has 4 rings (SSSR count). The van der Waals surface area contributed by atoms with Gasteiger partial charge >= 0.3 is 0 Å². The number of hydrogen-bond acceptors (Lipinski definition) is 4. The zero-order valence-corrected chi connectivity index (χ0v) is 16.8. The predicted molar refractivity (Wildman–Crippen MR) is 111 cm³/mol. The number of thioether (sulfide) groups is 1. The third kappa shape index (κ3) is 3.63. The molecule has 1 aliphatic rings. The molecule has 2 amide bonds. The van der Waals surface area contributed by atoms with E-state index in [9.17, 15) is 14.0 Å². The first-order valence-corrected chi connectivity index (χ1v) is 10.3. The molecule has 148 valence electrons. The van der Waals surface area contributed by atoms with Crippen molar-refractivity contribution in [2.24, 2.45) is 0 Å². The molecule has 0 aliphatic carbocycles. The van der Waals surface area contributed by atoms with E-state index in [1.54, 1.807) is 34.6 Å². The summed E-state index contributed by atoms with van der Waals surface area (Å²) >= 11 is 1.40. The third-order valence-electron chi connectivity index (χ3n) is 4.84. The summed E-state index contributed by atoms with van der Waals surface area (Å²) in [6.45, 7) is 2.20. The largest absolute Gasteiger partial charge is 0.321 e. The number of halogens is 1. The second-order valence-corrected chi connectivity index (χ2v) is 7.43. The smallest absolute Gasteiger partial charge is 0.274 e. The van der Waals surface area contributed by atoms with Gasteiger partial charge in [-0.15, -0.1) is 0 Å². The van der Waals surface area contributed by atoms with Crippen LogP contribution in [0.5, 0.6) is 0 Å². The zero-order chi connectivity index (χ0) is 20.5. The van der Waals surface area contributed by atoms with Crippen molar-refractivity contribution in [1.29, 1.82) is 0 Å². The van der Waals surface area contributed by atoms with Crippen LogP contribution in [0.3, 0.4) is 0 Å². The first-order chi connectivity index (χ1) is 14.0. The van der Waals surface area contributed by atoms with Crippen LogP contribution >= 0.6 is 11.8 Å². The van der Waals surface area contributed by atoms with Gasteiger partial charge in [0.05, 0.1) is 6.20 Å². The first-order valence-electron chi connectivity index (χ1n) is 9.08. The minimum Gasteiger partial charge on any atom is -0.321 e. The first kappa shape index (κ1) is 19.2. The van der Waals surface area contributed by atoms with E-state index >= 15 is 0 Å². The Morgan fingerprint density at radius 2 is 1.93 bits per heavy atom. The minimum absolute atomic E-state index is 0.00771. The van der Waals surface area contributed by atoms with E-state index in [1.165, 1.54) is 30.1 Å². The fraction of sp³-hybridized carbons (Fsp3) is 0.190. The lowest BCUT2D eigenvalue weighted by atomic mass is 10.1. The molecule has 0 saturated heterocycles. The van der Waals surface area contributed by atoms with Crippen LogP contribution in [0.1, 0.15) is 23.0 Å². The van der Waals surface area contributed by atoms with Crippen molar-refractivity contribution in [3.8, 4) is 5.69 Å². The van der Waals surface area contributed by atoms with E-state index in [1.807, 2.05) is 18.4 Å². The molecule has 1 aromatic heterocycles. The Bertz CT molecular complexity index is 1090. The van der Waals surface area contributed by atoms with Crippen LogP contribution in [0.4, 0.5) is 15.8 Å². The fourth-order valence-electron chi connectivity index (χ4n) is 3.48. The molecule has 0 radical (unpaired) electrons. The van der Waals surface area contributed by atoms with Gasteiger partial charge in [0.15, 0.2) is 5.16 Å². The van der Waals surface area contributed by atoms with E-state index in [-0.39, 0.29) is 17.6 Å². The molecule has 0 unspecified atom stereocenters. The lowest BCUT2D eigenvalue weighted by Crippen LogP contribution is -2.25. The van der Waals surface area contributed by atoms with Crippen molar-refractivity contribution >= 4 is 35.0 Å². The van der Waals surface area contributed by atoms with Gasteiger partial charge < -0.3 is 10.2 Å². The fourth-order valence-corrected chi connectivity index (χ4v) is 4.02. The maximum atomic E-state index is 13.3. The van der Waals surface area contributed by atoms with Crippen LogP contribution in [0, 0.1) is 5.82 Å². The second-order valence-electron chi connectivity index (χ2n) is 6.66. The van der Waals surface area contributed by atoms with Gasteiger partial charge in [-0.3, -0.25) is 14.2 Å². The molecular formula is C21H19FN4O2S. The number of benzene rings is 2. The average molecular weight is 410 g/mol. The highest BCUT2D eigenvalue weighted by Crippen LogP contribution is 2.31. The molecule has 2 aromatic carbocycles. The van der Waals surface area contributed by atoms with Crippen LogP contribution in [-0.4, -0.2) is 34.2 Å². The number of anilines is 2. The maximum Gasteiger partial charge on any atom is 0.274 e. The summed E-state index contributed by atoms with van der Waals surface area (Å²) < 4.78 is 15.0. The Kier molecular flexibility index (Phi) is 5.10. The molecule has 1 N–H and O–H groups in total. The molecule has 29 heavy (non-hydrogen) atoms. The minimum atomic E-state index is -0.344. The lowest BCUT2D eigenvalue weighted by molar-refractivity contribution is -0.116. The summed E-state index contributed by atoms with van der Waals surface area (Å²) in [5.41, 5.74) is 3.57. The topological polar surface area (TPSA) is 67.2 Å². The van der Waals surface area contributed by atoms with Gasteiger partial charge in [-0.1, -0.05) is 11.8 Å². The molecular weight excluding hydrogens is 391 g/mol. The van der Waals surface area contributed by atoms with Crippen LogP contribution in [0.15, 0.2) is 53.8 Å². The Morgan fingerprint density at radius 3 is 2.62 bits per heavy atom. The highest BCUT2D eigenvalue weighted by atomic mass is 32.2. The molecule has 1 aliphatic heterocycles. The predicted octanol–water partition coefficient (Wildman–Crippen LogP) is 3.89. The van der Waals surface area contributed by atoms with E-state index in [0.717, 1.165) is 17.7 Å². The zero-order valence-electron chi connectivity index (χ0n) is 16.0. The van der Waals surface area contributed by atoms with Gasteiger partial charge in [-0.05, 0) is 60.7 Å². The quantitative estimate of drug-likeness (QED) is 0.663. The van der Waals surface area contributed by atoms with E-state index in [4.69, 9.17) is 0 Å². The van der Waals surface area contributed by atoms with E-state index in [2.05, 4.69) is 10.3 Å². The third-order valence-corrected chi connectivity index (χ3v) is 5.50. The van der Waals surface area contributed by atoms with Crippen LogP contribution in [-0.2, 0) is 11.2 Å². The molecule has 2 heterocycles. The Morgan fingerprint density at radius 1 is 1.17 bits per heavy atom. The summed E-state index contributed by atoms with van der Waals surface area (Å²) in [6.07, 6.45) is 4.13. The summed E-state index contributed by atoms with van der Waals surface area (Å²) in [7, 11) is 0. The number of aromatic nitrogens is 2. The van der Waals surface area contributed by atoms with Gasteiger partial charge in [0.2, 0.25) is 5.91 Å². The number of carbonyl (C=O) groups excluding carboxylic acids is 2. The normalized spacial score (nSPS) is 12.7. The highest BCUT2D eigenvalue weighted by molar-refractivity contribution is 7.98. The average Bonchev–Trinajstić information content (AvgIpc) is 3.32. The summed E-state index contributed by atoms with van der Waals surface area (Å²) in [4.78, 5) is 30.7. The summed E-state index contributed by atoms with van der Waals surface area (Å²) in [6, 6.07) is 11.4. The SMILES string of the molecule is CSc1ncc(C(=O)Nc2ccc3c(c2)CCN3C(C)=O)n1-c1ccc(F)cc1. The van der Waals surface area contributed by atoms with E-state index in [0.29, 0.717) is 28.8 Å². The Labute approximate surface area is 171 Å². The number of amides is 2. The highest BCUT2D eigenvalue weighted by Gasteiger charge is 2.23. The number of hydrogen-bond donors (Lipinski definition) is 1. The molecule has 8 heteroatoms. The number of nitrogens with one attached hydrogen (secondary N) is 1. The molecule has 0 bridgehead atoms. The molecule has 6 nitrogen and oxygen atoms in total. The molecule has 0 atom stereocenters. The van der Waals surface area contributed by atoms with Crippen molar-refractivity contribution < 1.29 is 14.0 Å². The molecule has 0 saturated carbocycles. The van der Waals surface area contributed by atoms with Gasteiger partial charge in [0.25, 0.3) is 5.91 Å². The molecule has 3 aromatic rings. The van der Waals surface area contributed by atoms with Gasteiger partial charge in [0.1, 0.15) is 11.5 Å². The summed E-state index contributed by atoms with van der Waals surface area (Å²) in [5.74, 6) is -0.653. The lowest BCUT2D eigenvalue weighted by Gasteiger charge is -2.15. The number of nitrogens with zero attached hydrogens (tertiary/aromatic N) is 3. The van der Waals surface area contributed by atoms with Crippen LogP contribution in [0.25, 0.3) is 5.69 Å². The number of fused-ring (bicyclic) bond motifs is 1. The van der Waals surface area contributed by atoms with Crippen molar-refractivity contribution in [3.63, 3.8) is 0 Å². The monoisotopic (exact) mass is 410 g/mol. The molecule has 0 fully saturated rings. The van der Waals surface area contributed by atoms with Gasteiger partial charge in [-0.2, -0.15) is 0 Å². The van der Waals surface area contributed by atoms with Crippen molar-refractivity contribution in [2.45, 2.75) is 18.5 Å². The van der Waals surface area contributed by atoms with Crippen LogP contribution < -0.4 is 10.2 Å². The summed E-state index contributed by atoms with van der Waals surface area (Å²) in [5, 5.41) is 3.54. The number of carbonyl (C=O) groups is 2. The Balaban J connectivity index is 1.62. The molecule has 0 spiro atoms. The number of rotatable bonds is 4. The van der Waals surface area contributed by atoms with Gasteiger partial charge in [-0.25, -0.2) is 9.37 Å². The Hall–Kier alpha value is -3.13. The van der Waals surface area contributed by atoms with Crippen molar-refractivity contribution in [1.82, 2.24) is 9.55 Å². The van der Waals surface area contributed by atoms with E-state index < -0.39 is 0 Å². The maximum absolute atomic E-state index is 13.3. The van der Waals surface area contributed by atoms with Crippen LogP contribution in [0.2, 0.25) is 0 Å².